The van der Waals surface area contributed by atoms with E-state index in [0.717, 1.165) is 17.0 Å². The maximum Gasteiger partial charge on any atom is 0.0453 e. The molecule has 2 rings (SSSR count). The lowest BCUT2D eigenvalue weighted by Crippen LogP contribution is -2.14. The topological polar surface area (TPSA) is 26.0 Å². The fourth-order valence-corrected chi connectivity index (χ4v) is 2.56. The summed E-state index contributed by atoms with van der Waals surface area (Å²) >= 11 is 6.19. The van der Waals surface area contributed by atoms with Crippen LogP contribution in [0, 0.1) is 0 Å². The molecule has 1 unspecified atom stereocenters. The number of hydrogen-bond acceptors (Lipinski definition) is 1. The summed E-state index contributed by atoms with van der Waals surface area (Å²) in [4.78, 5) is 0. The Morgan fingerprint density at radius 2 is 1.60 bits per heavy atom. The van der Waals surface area contributed by atoms with E-state index in [-0.39, 0.29) is 11.5 Å². The van der Waals surface area contributed by atoms with E-state index in [4.69, 9.17) is 17.3 Å². The van der Waals surface area contributed by atoms with Gasteiger partial charge in [0.1, 0.15) is 0 Å². The minimum atomic E-state index is -0.0656. The molecule has 0 heterocycles. The second-order valence-electron chi connectivity index (χ2n) is 6.28. The van der Waals surface area contributed by atoms with E-state index in [1.165, 1.54) is 11.1 Å². The van der Waals surface area contributed by atoms with Crippen molar-refractivity contribution in [2.45, 2.75) is 38.6 Å². The van der Waals surface area contributed by atoms with Crippen molar-refractivity contribution >= 4 is 11.6 Å². The second-order valence-corrected chi connectivity index (χ2v) is 6.69. The van der Waals surface area contributed by atoms with E-state index in [1.807, 2.05) is 24.3 Å². The molecule has 2 aromatic carbocycles. The van der Waals surface area contributed by atoms with Gasteiger partial charge in [0.25, 0.3) is 0 Å². The maximum absolute atomic E-state index is 6.27. The molecule has 2 N–H and O–H groups in total. The largest absolute Gasteiger partial charge is 0.324 e. The van der Waals surface area contributed by atoms with Crippen LogP contribution in [0.5, 0.6) is 0 Å². The fraction of sp³-hybridized carbons (Fsp3) is 0.333. The molecule has 0 fully saturated rings. The molecule has 0 saturated carbocycles. The highest BCUT2D eigenvalue weighted by Gasteiger charge is 2.14. The average Bonchev–Trinajstić information content (AvgIpc) is 2.38. The predicted molar refractivity (Wildman–Crippen MR) is 87.2 cm³/mol. The van der Waals surface area contributed by atoms with E-state index < -0.39 is 0 Å². The lowest BCUT2D eigenvalue weighted by molar-refractivity contribution is 0.589. The summed E-state index contributed by atoms with van der Waals surface area (Å²) in [6.45, 7) is 6.66. The molecular weight excluding hydrogens is 266 g/mol. The van der Waals surface area contributed by atoms with Gasteiger partial charge in [0.05, 0.1) is 0 Å². The highest BCUT2D eigenvalue weighted by Crippen LogP contribution is 2.26. The van der Waals surface area contributed by atoms with Crippen LogP contribution in [0.4, 0.5) is 0 Å². The molecule has 0 bridgehead atoms. The molecule has 0 amide bonds. The number of nitrogens with two attached hydrogens (primary N) is 1. The van der Waals surface area contributed by atoms with E-state index >= 15 is 0 Å². The Bertz CT molecular complexity index is 567. The van der Waals surface area contributed by atoms with Crippen LogP contribution in [0.15, 0.2) is 48.5 Å². The van der Waals surface area contributed by atoms with Crippen molar-refractivity contribution in [1.82, 2.24) is 0 Å². The lowest BCUT2D eigenvalue weighted by atomic mass is 9.86. The van der Waals surface area contributed by atoms with Crippen LogP contribution in [0.25, 0.3) is 0 Å². The Labute approximate surface area is 126 Å². The molecule has 0 aliphatic carbocycles. The highest BCUT2D eigenvalue weighted by molar-refractivity contribution is 6.31. The smallest absolute Gasteiger partial charge is 0.0453 e. The summed E-state index contributed by atoms with van der Waals surface area (Å²) in [6.07, 6.45) is 0.800. The molecule has 0 saturated heterocycles. The Morgan fingerprint density at radius 1 is 1.00 bits per heavy atom. The summed E-state index contributed by atoms with van der Waals surface area (Å²) < 4.78 is 0. The number of benzene rings is 2. The molecular formula is C18H22ClN. The van der Waals surface area contributed by atoms with Gasteiger partial charge in [-0.3, -0.25) is 0 Å². The highest BCUT2D eigenvalue weighted by atomic mass is 35.5. The van der Waals surface area contributed by atoms with Crippen molar-refractivity contribution in [1.29, 1.82) is 0 Å². The van der Waals surface area contributed by atoms with Crippen molar-refractivity contribution in [2.24, 2.45) is 5.73 Å². The van der Waals surface area contributed by atoms with Crippen molar-refractivity contribution < 1.29 is 0 Å². The van der Waals surface area contributed by atoms with Gasteiger partial charge in [-0.15, -0.1) is 0 Å². The van der Waals surface area contributed by atoms with Gasteiger partial charge in [-0.05, 0) is 34.6 Å². The Kier molecular flexibility index (Phi) is 4.52. The third-order valence-corrected chi connectivity index (χ3v) is 3.92. The normalized spacial score (nSPS) is 13.2. The monoisotopic (exact) mass is 287 g/mol. The van der Waals surface area contributed by atoms with Crippen LogP contribution >= 0.6 is 11.6 Å². The Hall–Kier alpha value is -1.31. The molecule has 0 spiro atoms. The standard InChI is InChI=1S/C18H22ClN/c1-18(2,3)14-10-8-13(9-11-14)12-17(20)15-6-4-5-7-16(15)19/h4-11,17H,12,20H2,1-3H3. The fourth-order valence-electron chi connectivity index (χ4n) is 2.28. The van der Waals surface area contributed by atoms with Crippen LogP contribution in [-0.4, -0.2) is 0 Å². The van der Waals surface area contributed by atoms with Gasteiger partial charge in [0, 0.05) is 11.1 Å². The Morgan fingerprint density at radius 3 is 2.15 bits per heavy atom. The van der Waals surface area contributed by atoms with Gasteiger partial charge in [0.15, 0.2) is 0 Å². The first-order valence-electron chi connectivity index (χ1n) is 6.97. The van der Waals surface area contributed by atoms with E-state index in [2.05, 4.69) is 45.0 Å². The van der Waals surface area contributed by atoms with E-state index in [9.17, 15) is 0 Å². The van der Waals surface area contributed by atoms with Gasteiger partial charge < -0.3 is 5.73 Å². The molecule has 106 valence electrons. The molecule has 0 aliphatic rings. The van der Waals surface area contributed by atoms with Crippen LogP contribution in [0.3, 0.4) is 0 Å². The summed E-state index contributed by atoms with van der Waals surface area (Å²) in [5, 5.41) is 0.742. The molecule has 2 heteroatoms. The van der Waals surface area contributed by atoms with Crippen molar-refractivity contribution in [3.8, 4) is 0 Å². The van der Waals surface area contributed by atoms with Crippen molar-refractivity contribution in [3.63, 3.8) is 0 Å². The minimum absolute atomic E-state index is 0.0656. The van der Waals surface area contributed by atoms with Crippen molar-refractivity contribution in [2.75, 3.05) is 0 Å². The third kappa shape index (κ3) is 3.62. The average molecular weight is 288 g/mol. The van der Waals surface area contributed by atoms with Crippen LogP contribution in [-0.2, 0) is 11.8 Å². The number of hydrogen-bond donors (Lipinski definition) is 1. The zero-order chi connectivity index (χ0) is 14.8. The van der Waals surface area contributed by atoms with Gasteiger partial charge in [-0.25, -0.2) is 0 Å². The maximum atomic E-state index is 6.27. The zero-order valence-corrected chi connectivity index (χ0v) is 13.1. The van der Waals surface area contributed by atoms with Crippen LogP contribution in [0.2, 0.25) is 5.02 Å². The summed E-state index contributed by atoms with van der Waals surface area (Å²) in [7, 11) is 0. The van der Waals surface area contributed by atoms with Crippen molar-refractivity contribution in [3.05, 3.63) is 70.2 Å². The minimum Gasteiger partial charge on any atom is -0.324 e. The predicted octanol–water partition coefficient (Wildman–Crippen LogP) is 4.88. The summed E-state index contributed by atoms with van der Waals surface area (Å²) in [5.74, 6) is 0. The quantitative estimate of drug-likeness (QED) is 0.855. The molecule has 0 aromatic heterocycles. The van der Waals surface area contributed by atoms with E-state index in [1.54, 1.807) is 0 Å². The van der Waals surface area contributed by atoms with Gasteiger partial charge in [-0.2, -0.15) is 0 Å². The Balaban J connectivity index is 2.13. The molecule has 2 aromatic rings. The SMILES string of the molecule is CC(C)(C)c1ccc(CC(N)c2ccccc2Cl)cc1. The molecule has 0 radical (unpaired) electrons. The third-order valence-electron chi connectivity index (χ3n) is 3.58. The summed E-state index contributed by atoms with van der Waals surface area (Å²) in [5.41, 5.74) is 10.0. The first-order chi connectivity index (χ1) is 9.38. The zero-order valence-electron chi connectivity index (χ0n) is 12.4. The number of rotatable bonds is 3. The lowest BCUT2D eigenvalue weighted by Gasteiger charge is -2.20. The van der Waals surface area contributed by atoms with Gasteiger partial charge in [-0.1, -0.05) is 74.8 Å². The van der Waals surface area contributed by atoms with Gasteiger partial charge in [0.2, 0.25) is 0 Å². The summed E-state index contributed by atoms with van der Waals surface area (Å²) in [6, 6.07) is 16.4. The van der Waals surface area contributed by atoms with E-state index in [0.29, 0.717) is 0 Å². The molecule has 1 nitrogen and oxygen atoms in total. The van der Waals surface area contributed by atoms with Crippen LogP contribution in [0.1, 0.15) is 43.5 Å². The molecule has 0 aliphatic heterocycles. The number of halogens is 1. The second kappa shape index (κ2) is 5.99. The van der Waals surface area contributed by atoms with Gasteiger partial charge >= 0.3 is 0 Å². The first-order valence-corrected chi connectivity index (χ1v) is 7.35. The molecule has 20 heavy (non-hydrogen) atoms. The molecule has 1 atom stereocenters. The first kappa shape index (κ1) is 15.1. The van der Waals surface area contributed by atoms with Crippen LogP contribution < -0.4 is 5.73 Å².